The van der Waals surface area contributed by atoms with E-state index in [1.165, 1.54) is 38.5 Å². The van der Waals surface area contributed by atoms with E-state index in [0.717, 1.165) is 31.0 Å². The molecule has 0 atom stereocenters. The monoisotopic (exact) mass is 304 g/mol. The molecule has 1 aliphatic rings. The van der Waals surface area contributed by atoms with Crippen LogP contribution in [0.25, 0.3) is 0 Å². The molecule has 100 valence electrons. The Morgan fingerprint density at radius 1 is 1.00 bits per heavy atom. The maximum absolute atomic E-state index is 11.6. The second-order valence-electron chi connectivity index (χ2n) is 4.96. The van der Waals surface area contributed by atoms with Gasteiger partial charge < -0.3 is 4.74 Å². The second-order valence-corrected chi connectivity index (χ2v) is 5.75. The van der Waals surface area contributed by atoms with Crippen molar-refractivity contribution in [3.63, 3.8) is 0 Å². The molecule has 0 aromatic heterocycles. The van der Waals surface area contributed by atoms with Crippen LogP contribution in [0, 0.1) is 0 Å². The van der Waals surface area contributed by atoms with Crippen LogP contribution in [0.3, 0.4) is 0 Å². The van der Waals surface area contributed by atoms with Crippen LogP contribution in [-0.4, -0.2) is 17.4 Å². The maximum Gasteiger partial charge on any atom is 0.306 e. The fourth-order valence-corrected chi connectivity index (χ4v) is 2.72. The topological polar surface area (TPSA) is 26.3 Å². The summed E-state index contributed by atoms with van der Waals surface area (Å²) >= 11 is 3.42. The van der Waals surface area contributed by atoms with Gasteiger partial charge in [0.15, 0.2) is 0 Å². The van der Waals surface area contributed by atoms with Crippen LogP contribution < -0.4 is 0 Å². The highest BCUT2D eigenvalue weighted by molar-refractivity contribution is 9.09. The summed E-state index contributed by atoms with van der Waals surface area (Å²) in [6, 6.07) is 0. The molecule has 0 aliphatic heterocycles. The predicted molar refractivity (Wildman–Crippen MR) is 74.5 cm³/mol. The van der Waals surface area contributed by atoms with Crippen molar-refractivity contribution >= 4 is 21.9 Å². The lowest BCUT2D eigenvalue weighted by molar-refractivity contribution is -0.150. The van der Waals surface area contributed by atoms with E-state index in [1.807, 2.05) is 0 Å². The van der Waals surface area contributed by atoms with Crippen molar-refractivity contribution in [2.75, 3.05) is 5.33 Å². The predicted octanol–water partition coefficient (Wildman–Crippen LogP) is 4.60. The molecule has 0 bridgehead atoms. The Hall–Kier alpha value is -0.0500. The van der Waals surface area contributed by atoms with Crippen LogP contribution in [0.15, 0.2) is 0 Å². The highest BCUT2D eigenvalue weighted by atomic mass is 79.9. The molecule has 2 nitrogen and oxygen atoms in total. The molecule has 0 spiro atoms. The summed E-state index contributed by atoms with van der Waals surface area (Å²) in [6.45, 7) is 0. The number of ether oxygens (including phenoxy) is 1. The van der Waals surface area contributed by atoms with E-state index in [-0.39, 0.29) is 12.1 Å². The summed E-state index contributed by atoms with van der Waals surface area (Å²) in [7, 11) is 0. The second kappa shape index (κ2) is 9.93. The number of rotatable bonds is 8. The lowest BCUT2D eigenvalue weighted by Gasteiger charge is -2.21. The van der Waals surface area contributed by atoms with Crippen molar-refractivity contribution in [2.24, 2.45) is 0 Å². The van der Waals surface area contributed by atoms with Gasteiger partial charge in [0.1, 0.15) is 6.10 Å². The average molecular weight is 305 g/mol. The SMILES string of the molecule is O=C(CCCCCCCBr)OC1CCCCC1. The molecule has 0 aromatic carbocycles. The molecule has 0 aromatic rings. The Labute approximate surface area is 114 Å². The number of esters is 1. The lowest BCUT2D eigenvalue weighted by atomic mass is 9.98. The van der Waals surface area contributed by atoms with Crippen molar-refractivity contribution < 1.29 is 9.53 Å². The van der Waals surface area contributed by atoms with Gasteiger partial charge in [-0.25, -0.2) is 0 Å². The molecule has 0 radical (unpaired) electrons. The van der Waals surface area contributed by atoms with Crippen LogP contribution in [0.4, 0.5) is 0 Å². The van der Waals surface area contributed by atoms with E-state index >= 15 is 0 Å². The Kier molecular flexibility index (Phi) is 8.76. The van der Waals surface area contributed by atoms with Gasteiger partial charge >= 0.3 is 5.97 Å². The van der Waals surface area contributed by atoms with Gasteiger partial charge in [-0.2, -0.15) is 0 Å². The van der Waals surface area contributed by atoms with Crippen LogP contribution in [0.2, 0.25) is 0 Å². The minimum Gasteiger partial charge on any atom is -0.462 e. The fourth-order valence-electron chi connectivity index (χ4n) is 2.32. The third-order valence-corrected chi connectivity index (χ3v) is 3.93. The van der Waals surface area contributed by atoms with Crippen molar-refractivity contribution in [1.29, 1.82) is 0 Å². The molecule has 1 fully saturated rings. The van der Waals surface area contributed by atoms with Crippen LogP contribution in [-0.2, 0) is 9.53 Å². The van der Waals surface area contributed by atoms with Gasteiger partial charge in [-0.15, -0.1) is 0 Å². The Bertz CT molecular complexity index is 200. The molecule has 0 heterocycles. The number of carbonyl (C=O) groups excluding carboxylic acids is 1. The number of alkyl halides is 1. The Morgan fingerprint density at radius 3 is 2.35 bits per heavy atom. The molecule has 0 saturated heterocycles. The first kappa shape index (κ1) is 15.0. The molecule has 3 heteroatoms. The Balaban J connectivity index is 1.93. The van der Waals surface area contributed by atoms with Crippen LogP contribution >= 0.6 is 15.9 Å². The minimum atomic E-state index is 0.0254. The van der Waals surface area contributed by atoms with E-state index < -0.39 is 0 Å². The molecule has 0 N–H and O–H groups in total. The molecule has 1 rings (SSSR count). The third-order valence-electron chi connectivity index (χ3n) is 3.36. The minimum absolute atomic E-state index is 0.0254. The van der Waals surface area contributed by atoms with Gasteiger partial charge in [-0.3, -0.25) is 4.79 Å². The van der Waals surface area contributed by atoms with Crippen molar-refractivity contribution in [3.8, 4) is 0 Å². The largest absolute Gasteiger partial charge is 0.462 e. The highest BCUT2D eigenvalue weighted by Crippen LogP contribution is 2.21. The quantitative estimate of drug-likeness (QED) is 0.372. The smallest absolute Gasteiger partial charge is 0.306 e. The molecule has 1 aliphatic carbocycles. The summed E-state index contributed by atoms with van der Waals surface area (Å²) < 4.78 is 5.47. The number of carbonyl (C=O) groups is 1. The van der Waals surface area contributed by atoms with Crippen LogP contribution in [0.5, 0.6) is 0 Å². The molecule has 17 heavy (non-hydrogen) atoms. The molecular formula is C14H25BrO2. The van der Waals surface area contributed by atoms with E-state index in [1.54, 1.807) is 0 Å². The summed E-state index contributed by atoms with van der Waals surface area (Å²) in [5.74, 6) is 0.0254. The molecule has 1 saturated carbocycles. The fraction of sp³-hybridized carbons (Fsp3) is 0.929. The maximum atomic E-state index is 11.6. The average Bonchev–Trinajstić information content (AvgIpc) is 2.35. The lowest BCUT2D eigenvalue weighted by Crippen LogP contribution is -2.20. The van der Waals surface area contributed by atoms with Crippen molar-refractivity contribution in [1.82, 2.24) is 0 Å². The van der Waals surface area contributed by atoms with Crippen LogP contribution in [0.1, 0.15) is 70.6 Å². The van der Waals surface area contributed by atoms with Gasteiger partial charge in [0.05, 0.1) is 0 Å². The summed E-state index contributed by atoms with van der Waals surface area (Å²) in [5, 5.41) is 1.09. The van der Waals surface area contributed by atoms with Crippen molar-refractivity contribution in [3.05, 3.63) is 0 Å². The van der Waals surface area contributed by atoms with Gasteiger partial charge in [-0.1, -0.05) is 41.6 Å². The standard InChI is InChI=1S/C14H25BrO2/c15-12-8-3-1-2-7-11-14(16)17-13-9-5-4-6-10-13/h13H,1-12H2. The highest BCUT2D eigenvalue weighted by Gasteiger charge is 2.17. The summed E-state index contributed by atoms with van der Waals surface area (Å²) in [4.78, 5) is 11.6. The van der Waals surface area contributed by atoms with Gasteiger partial charge in [0.2, 0.25) is 0 Å². The molecular weight excluding hydrogens is 280 g/mol. The van der Waals surface area contributed by atoms with E-state index in [0.29, 0.717) is 6.42 Å². The Morgan fingerprint density at radius 2 is 1.65 bits per heavy atom. The molecule has 0 unspecified atom stereocenters. The number of hydrogen-bond donors (Lipinski definition) is 0. The first-order valence-electron chi connectivity index (χ1n) is 7.08. The zero-order chi connectivity index (χ0) is 12.3. The van der Waals surface area contributed by atoms with E-state index in [2.05, 4.69) is 15.9 Å². The van der Waals surface area contributed by atoms with Gasteiger partial charge in [0.25, 0.3) is 0 Å². The van der Waals surface area contributed by atoms with Gasteiger partial charge in [0, 0.05) is 11.8 Å². The van der Waals surface area contributed by atoms with E-state index in [4.69, 9.17) is 4.74 Å². The number of unbranched alkanes of at least 4 members (excludes halogenated alkanes) is 4. The number of hydrogen-bond acceptors (Lipinski definition) is 2. The zero-order valence-corrected chi connectivity index (χ0v) is 12.3. The first-order valence-corrected chi connectivity index (χ1v) is 8.20. The third kappa shape index (κ3) is 7.80. The summed E-state index contributed by atoms with van der Waals surface area (Å²) in [5.41, 5.74) is 0. The van der Waals surface area contributed by atoms with Gasteiger partial charge in [-0.05, 0) is 38.5 Å². The summed E-state index contributed by atoms with van der Waals surface area (Å²) in [6.07, 6.45) is 12.7. The molecule has 0 amide bonds. The van der Waals surface area contributed by atoms with Crippen molar-refractivity contribution in [2.45, 2.75) is 76.7 Å². The van der Waals surface area contributed by atoms with E-state index in [9.17, 15) is 4.79 Å². The normalized spacial score (nSPS) is 17.0. The zero-order valence-electron chi connectivity index (χ0n) is 10.8. The number of halogens is 1. The first-order chi connectivity index (χ1) is 8.33.